The van der Waals surface area contributed by atoms with Gasteiger partial charge in [0.1, 0.15) is 5.84 Å². The molecule has 1 saturated heterocycles. The molecule has 25 heavy (non-hydrogen) atoms. The van der Waals surface area contributed by atoms with Crippen molar-refractivity contribution in [1.82, 2.24) is 9.80 Å². The highest BCUT2D eigenvalue weighted by atomic mass is 15.3. The summed E-state index contributed by atoms with van der Waals surface area (Å²) >= 11 is 0. The number of aliphatic imine (C=N–C) groups is 1. The first kappa shape index (κ1) is 16.3. The zero-order chi connectivity index (χ0) is 17.2. The van der Waals surface area contributed by atoms with E-state index in [2.05, 4.69) is 77.2 Å². The summed E-state index contributed by atoms with van der Waals surface area (Å²) < 4.78 is 0. The van der Waals surface area contributed by atoms with Crippen LogP contribution in [0.3, 0.4) is 0 Å². The van der Waals surface area contributed by atoms with Gasteiger partial charge in [-0.15, -0.1) is 0 Å². The Morgan fingerprint density at radius 3 is 2.04 bits per heavy atom. The van der Waals surface area contributed by atoms with Crippen molar-refractivity contribution in [2.24, 2.45) is 4.99 Å². The van der Waals surface area contributed by atoms with Crippen LogP contribution < -0.4 is 4.90 Å². The molecule has 0 saturated carbocycles. The Balaban J connectivity index is 1.61. The van der Waals surface area contributed by atoms with Crippen LogP contribution in [-0.2, 0) is 6.42 Å². The smallest absolute Gasteiger partial charge is 0.106 e. The fourth-order valence-corrected chi connectivity index (χ4v) is 3.70. The van der Waals surface area contributed by atoms with Crippen molar-refractivity contribution in [3.8, 4) is 0 Å². The maximum atomic E-state index is 4.94. The van der Waals surface area contributed by atoms with E-state index in [0.29, 0.717) is 0 Å². The van der Waals surface area contributed by atoms with Crippen LogP contribution in [0, 0.1) is 0 Å². The Bertz CT molecular complexity index is 729. The van der Waals surface area contributed by atoms with E-state index in [9.17, 15) is 0 Å². The maximum absolute atomic E-state index is 4.94. The fraction of sp³-hybridized carbons (Fsp3) is 0.381. The highest BCUT2D eigenvalue weighted by Crippen LogP contribution is 2.38. The molecule has 0 aliphatic carbocycles. The number of hydrogen-bond acceptors (Lipinski definition) is 3. The van der Waals surface area contributed by atoms with Gasteiger partial charge in [-0.2, -0.15) is 0 Å². The number of benzene rings is 2. The van der Waals surface area contributed by atoms with Crippen molar-refractivity contribution in [2.75, 3.05) is 44.8 Å². The number of piperazine rings is 1. The molecule has 2 aromatic rings. The van der Waals surface area contributed by atoms with Crippen LogP contribution >= 0.6 is 0 Å². The maximum Gasteiger partial charge on any atom is 0.106 e. The molecule has 0 radical (unpaired) electrons. The molecule has 0 bridgehead atoms. The van der Waals surface area contributed by atoms with E-state index in [1.807, 2.05) is 0 Å². The molecular formula is C21H26N4. The number of likely N-dealkylation sites (N-methyl/N-ethyl adjacent to an activating group) is 1. The molecule has 130 valence electrons. The predicted octanol–water partition coefficient (Wildman–Crippen LogP) is 3.35. The SMILES string of the molecule is CC(=NCN1CCN(C)CC1)N1c2ccccc2Cc2ccccc21. The van der Waals surface area contributed by atoms with Gasteiger partial charge in [-0.25, -0.2) is 0 Å². The number of rotatable bonds is 2. The molecule has 0 spiro atoms. The minimum absolute atomic E-state index is 0.778. The van der Waals surface area contributed by atoms with E-state index in [0.717, 1.165) is 45.1 Å². The first-order valence-electron chi connectivity index (χ1n) is 9.10. The van der Waals surface area contributed by atoms with Crippen molar-refractivity contribution in [3.63, 3.8) is 0 Å². The molecule has 2 aliphatic heterocycles. The third-order valence-corrected chi connectivity index (χ3v) is 5.26. The van der Waals surface area contributed by atoms with Crippen molar-refractivity contribution in [1.29, 1.82) is 0 Å². The quantitative estimate of drug-likeness (QED) is 0.621. The third-order valence-electron chi connectivity index (χ3n) is 5.26. The lowest BCUT2D eigenvalue weighted by Gasteiger charge is -2.34. The number of amidine groups is 1. The topological polar surface area (TPSA) is 22.1 Å². The van der Waals surface area contributed by atoms with Crippen molar-refractivity contribution >= 4 is 17.2 Å². The molecule has 4 heteroatoms. The van der Waals surface area contributed by atoms with Gasteiger partial charge in [-0.1, -0.05) is 36.4 Å². The van der Waals surface area contributed by atoms with Crippen LogP contribution in [0.2, 0.25) is 0 Å². The minimum Gasteiger partial charge on any atom is -0.304 e. The van der Waals surface area contributed by atoms with E-state index in [4.69, 9.17) is 4.99 Å². The summed E-state index contributed by atoms with van der Waals surface area (Å²) in [6.45, 7) is 7.37. The van der Waals surface area contributed by atoms with E-state index < -0.39 is 0 Å². The number of hydrogen-bond donors (Lipinski definition) is 0. The average Bonchev–Trinajstić information content (AvgIpc) is 2.65. The van der Waals surface area contributed by atoms with Gasteiger partial charge >= 0.3 is 0 Å². The van der Waals surface area contributed by atoms with Gasteiger partial charge in [0.25, 0.3) is 0 Å². The second kappa shape index (κ2) is 6.98. The minimum atomic E-state index is 0.778. The van der Waals surface area contributed by atoms with Gasteiger partial charge in [-0.05, 0) is 37.2 Å². The number of nitrogens with zero attached hydrogens (tertiary/aromatic N) is 4. The summed E-state index contributed by atoms with van der Waals surface area (Å²) in [7, 11) is 2.19. The van der Waals surface area contributed by atoms with Gasteiger partial charge in [0, 0.05) is 32.6 Å². The van der Waals surface area contributed by atoms with Crippen LogP contribution in [0.15, 0.2) is 53.5 Å². The summed E-state index contributed by atoms with van der Waals surface area (Å²) in [4.78, 5) is 12.1. The standard InChI is InChI=1S/C21H26N4/c1-17(22-16-24-13-11-23(2)12-14-24)25-20-9-5-3-7-18(20)15-19-8-4-6-10-21(19)25/h3-10H,11-16H2,1-2H3. The first-order chi connectivity index (χ1) is 12.2. The first-order valence-corrected chi connectivity index (χ1v) is 9.10. The summed E-state index contributed by atoms with van der Waals surface area (Å²) in [6, 6.07) is 17.4. The third kappa shape index (κ3) is 3.32. The Morgan fingerprint density at radius 1 is 0.880 bits per heavy atom. The van der Waals surface area contributed by atoms with E-state index in [1.54, 1.807) is 0 Å². The zero-order valence-electron chi connectivity index (χ0n) is 15.2. The lowest BCUT2D eigenvalue weighted by Crippen LogP contribution is -2.44. The molecule has 1 fully saturated rings. The van der Waals surface area contributed by atoms with E-state index in [1.165, 1.54) is 22.5 Å². The lowest BCUT2D eigenvalue weighted by atomic mass is 9.95. The molecule has 0 amide bonds. The fourth-order valence-electron chi connectivity index (χ4n) is 3.70. The van der Waals surface area contributed by atoms with E-state index in [-0.39, 0.29) is 0 Å². The molecule has 2 aliphatic rings. The molecule has 2 aromatic carbocycles. The average molecular weight is 334 g/mol. The van der Waals surface area contributed by atoms with E-state index >= 15 is 0 Å². The highest BCUT2D eigenvalue weighted by Gasteiger charge is 2.24. The summed E-state index contributed by atoms with van der Waals surface area (Å²) in [6.07, 6.45) is 0.995. The van der Waals surface area contributed by atoms with Gasteiger partial charge in [0.05, 0.1) is 18.0 Å². The molecule has 0 atom stereocenters. The predicted molar refractivity (Wildman–Crippen MR) is 105 cm³/mol. The van der Waals surface area contributed by atoms with Crippen LogP contribution in [0.4, 0.5) is 11.4 Å². The Hall–Kier alpha value is -2.17. The van der Waals surface area contributed by atoms with Crippen LogP contribution in [0.5, 0.6) is 0 Å². The van der Waals surface area contributed by atoms with Crippen molar-refractivity contribution in [2.45, 2.75) is 13.3 Å². The van der Waals surface area contributed by atoms with Crippen LogP contribution in [0.25, 0.3) is 0 Å². The number of fused-ring (bicyclic) bond motifs is 2. The van der Waals surface area contributed by atoms with Gasteiger partial charge in [-0.3, -0.25) is 14.8 Å². The Kier molecular flexibility index (Phi) is 4.55. The monoisotopic (exact) mass is 334 g/mol. The second-order valence-electron chi connectivity index (χ2n) is 7.04. The molecule has 0 unspecified atom stereocenters. The number of para-hydroxylation sites is 2. The zero-order valence-corrected chi connectivity index (χ0v) is 15.2. The summed E-state index contributed by atoms with van der Waals surface area (Å²) in [5.74, 6) is 1.07. The van der Waals surface area contributed by atoms with Crippen LogP contribution in [0.1, 0.15) is 18.1 Å². The van der Waals surface area contributed by atoms with Crippen molar-refractivity contribution < 1.29 is 0 Å². The second-order valence-corrected chi connectivity index (χ2v) is 7.04. The lowest BCUT2D eigenvalue weighted by molar-refractivity contribution is 0.158. The van der Waals surface area contributed by atoms with Crippen molar-refractivity contribution in [3.05, 3.63) is 59.7 Å². The largest absolute Gasteiger partial charge is 0.304 e. The van der Waals surface area contributed by atoms with Crippen LogP contribution in [-0.4, -0.2) is 55.5 Å². The summed E-state index contributed by atoms with van der Waals surface area (Å²) in [5.41, 5.74) is 5.27. The molecule has 2 heterocycles. The van der Waals surface area contributed by atoms with Gasteiger partial charge < -0.3 is 4.90 Å². The van der Waals surface area contributed by atoms with Gasteiger partial charge in [0.15, 0.2) is 0 Å². The Labute approximate surface area is 150 Å². The molecule has 4 nitrogen and oxygen atoms in total. The Morgan fingerprint density at radius 2 is 1.44 bits per heavy atom. The molecule has 4 rings (SSSR count). The summed E-state index contributed by atoms with van der Waals surface area (Å²) in [5, 5.41) is 0. The highest BCUT2D eigenvalue weighted by molar-refractivity contribution is 6.05. The normalized spacial score (nSPS) is 18.8. The van der Waals surface area contributed by atoms with Gasteiger partial charge in [0.2, 0.25) is 0 Å². The molecule has 0 aromatic heterocycles. The molecule has 0 N–H and O–H groups in total. The number of anilines is 2. The molecular weight excluding hydrogens is 308 g/mol.